The molecule has 2 aromatic rings. The van der Waals surface area contributed by atoms with E-state index < -0.39 is 10.0 Å². The highest BCUT2D eigenvalue weighted by atomic mass is 35.5. The molecule has 0 radical (unpaired) electrons. The van der Waals surface area contributed by atoms with E-state index in [0.717, 1.165) is 16.9 Å². The summed E-state index contributed by atoms with van der Waals surface area (Å²) in [4.78, 5) is 2.02. The Hall–Kier alpha value is -1.41. The highest BCUT2D eigenvalue weighted by Crippen LogP contribution is 2.27. The molecule has 1 aromatic carbocycles. The minimum Gasteiger partial charge on any atom is -0.353 e. The van der Waals surface area contributed by atoms with E-state index in [4.69, 9.17) is 11.6 Å². The highest BCUT2D eigenvalue weighted by molar-refractivity contribution is 7.92. The molecule has 0 aliphatic rings. The number of nitrogens with one attached hydrogen (secondary N) is 1. The van der Waals surface area contributed by atoms with E-state index in [9.17, 15) is 8.42 Å². The summed E-state index contributed by atoms with van der Waals surface area (Å²) in [5.41, 5.74) is 1.13. The molecular weight excluding hydrogens is 402 g/mol. The van der Waals surface area contributed by atoms with Gasteiger partial charge in [-0.3, -0.25) is 0 Å². The Morgan fingerprint density at radius 3 is 2.26 bits per heavy atom. The largest absolute Gasteiger partial charge is 0.353 e. The lowest BCUT2D eigenvalue weighted by Gasteiger charge is -2.34. The topological polar surface area (TPSA) is 61.8 Å². The average molecular weight is 428 g/mol. The first-order valence-corrected chi connectivity index (χ1v) is 11.5. The first kappa shape index (κ1) is 21.9. The SMILES string of the molecule is CC(C)N(/C(CNCc1ccccc1)=N/S(=O)(=O)c1ccc(Cl)s1)C(C)C. The van der Waals surface area contributed by atoms with Crippen molar-refractivity contribution in [2.45, 2.75) is 50.5 Å². The van der Waals surface area contributed by atoms with Gasteiger partial charge in [0.2, 0.25) is 0 Å². The van der Waals surface area contributed by atoms with Crippen LogP contribution in [0, 0.1) is 0 Å². The van der Waals surface area contributed by atoms with Crippen molar-refractivity contribution in [2.75, 3.05) is 6.54 Å². The van der Waals surface area contributed by atoms with Gasteiger partial charge in [0, 0.05) is 18.6 Å². The van der Waals surface area contributed by atoms with Gasteiger partial charge in [-0.25, -0.2) is 0 Å². The Balaban J connectivity index is 2.28. The second-order valence-corrected chi connectivity index (χ2v) is 10.3. The molecule has 1 N–H and O–H groups in total. The maximum absolute atomic E-state index is 12.7. The molecule has 5 nitrogen and oxygen atoms in total. The van der Waals surface area contributed by atoms with Gasteiger partial charge in [-0.05, 0) is 45.4 Å². The number of sulfonamides is 1. The Bertz CT molecular complexity index is 854. The van der Waals surface area contributed by atoms with Crippen molar-refractivity contribution in [2.24, 2.45) is 4.40 Å². The first-order chi connectivity index (χ1) is 12.7. The van der Waals surface area contributed by atoms with Crippen LogP contribution in [0.2, 0.25) is 4.34 Å². The van der Waals surface area contributed by atoms with E-state index in [1.165, 1.54) is 6.07 Å². The number of thiophene rings is 1. The van der Waals surface area contributed by atoms with Crippen molar-refractivity contribution < 1.29 is 8.42 Å². The van der Waals surface area contributed by atoms with Gasteiger partial charge >= 0.3 is 0 Å². The molecule has 1 heterocycles. The van der Waals surface area contributed by atoms with E-state index in [2.05, 4.69) is 9.71 Å². The number of hydrogen-bond donors (Lipinski definition) is 1. The van der Waals surface area contributed by atoms with Crippen molar-refractivity contribution in [3.8, 4) is 0 Å². The predicted molar refractivity (Wildman–Crippen MR) is 114 cm³/mol. The van der Waals surface area contributed by atoms with Crippen LogP contribution in [-0.4, -0.2) is 37.8 Å². The molecule has 0 saturated carbocycles. The fraction of sp³-hybridized carbons (Fsp3) is 0.421. The van der Waals surface area contributed by atoms with Gasteiger partial charge in [-0.2, -0.15) is 8.42 Å². The fourth-order valence-electron chi connectivity index (χ4n) is 2.90. The molecule has 148 valence electrons. The Morgan fingerprint density at radius 2 is 1.74 bits per heavy atom. The molecule has 27 heavy (non-hydrogen) atoms. The van der Waals surface area contributed by atoms with Crippen LogP contribution >= 0.6 is 22.9 Å². The second-order valence-electron chi connectivity index (χ2n) is 6.73. The molecule has 0 atom stereocenters. The van der Waals surface area contributed by atoms with Crippen LogP contribution in [0.4, 0.5) is 0 Å². The summed E-state index contributed by atoms with van der Waals surface area (Å²) in [5.74, 6) is 0.500. The first-order valence-electron chi connectivity index (χ1n) is 8.83. The summed E-state index contributed by atoms with van der Waals surface area (Å²) in [6, 6.07) is 13.3. The number of amidine groups is 1. The maximum Gasteiger partial charge on any atom is 0.293 e. The van der Waals surface area contributed by atoms with Crippen molar-refractivity contribution in [1.82, 2.24) is 10.2 Å². The monoisotopic (exact) mass is 427 g/mol. The van der Waals surface area contributed by atoms with Gasteiger partial charge < -0.3 is 10.2 Å². The maximum atomic E-state index is 12.7. The Kier molecular flexibility index (Phi) is 7.85. The average Bonchev–Trinajstić information content (AvgIpc) is 3.02. The van der Waals surface area contributed by atoms with Crippen molar-refractivity contribution in [3.05, 3.63) is 52.4 Å². The molecule has 2 rings (SSSR count). The molecule has 0 saturated heterocycles. The fourth-order valence-corrected chi connectivity index (χ4v) is 5.38. The lowest BCUT2D eigenvalue weighted by Crippen LogP contribution is -2.46. The number of halogens is 1. The summed E-state index contributed by atoms with van der Waals surface area (Å²) in [6.07, 6.45) is 0. The van der Waals surface area contributed by atoms with Gasteiger partial charge in [0.15, 0.2) is 0 Å². The smallest absolute Gasteiger partial charge is 0.293 e. The molecule has 0 aliphatic heterocycles. The highest BCUT2D eigenvalue weighted by Gasteiger charge is 2.23. The minimum atomic E-state index is -3.81. The molecule has 8 heteroatoms. The lowest BCUT2D eigenvalue weighted by atomic mass is 10.2. The molecular formula is C19H26ClN3O2S2. The third-order valence-corrected chi connectivity index (χ3v) is 6.90. The van der Waals surface area contributed by atoms with E-state index >= 15 is 0 Å². The van der Waals surface area contributed by atoms with Crippen LogP contribution in [0.5, 0.6) is 0 Å². The molecule has 1 aromatic heterocycles. The van der Waals surface area contributed by atoms with Crippen LogP contribution in [0.25, 0.3) is 0 Å². The normalized spacial score (nSPS) is 12.8. The minimum absolute atomic E-state index is 0.115. The molecule has 0 amide bonds. The number of hydrogen-bond acceptors (Lipinski definition) is 4. The number of rotatable bonds is 8. The number of nitrogens with zero attached hydrogens (tertiary/aromatic N) is 2. The van der Waals surface area contributed by atoms with Gasteiger partial charge in [-0.15, -0.1) is 15.7 Å². The van der Waals surface area contributed by atoms with E-state index in [0.29, 0.717) is 23.3 Å². The van der Waals surface area contributed by atoms with Crippen LogP contribution in [-0.2, 0) is 16.6 Å². The Morgan fingerprint density at radius 1 is 1.11 bits per heavy atom. The molecule has 0 spiro atoms. The van der Waals surface area contributed by atoms with Crippen molar-refractivity contribution >= 4 is 38.8 Å². The summed E-state index contributed by atoms with van der Waals surface area (Å²) in [6.45, 7) is 9.10. The van der Waals surface area contributed by atoms with E-state index in [1.54, 1.807) is 6.07 Å². The second kappa shape index (κ2) is 9.68. The summed E-state index contributed by atoms with van der Waals surface area (Å²) in [5, 5.41) is 3.31. The van der Waals surface area contributed by atoms with Gasteiger partial charge in [-0.1, -0.05) is 41.9 Å². The van der Waals surface area contributed by atoms with E-state index in [1.807, 2.05) is 62.9 Å². The molecule has 0 unspecified atom stereocenters. The zero-order chi connectivity index (χ0) is 20.0. The lowest BCUT2D eigenvalue weighted by molar-refractivity contribution is 0.287. The third kappa shape index (κ3) is 6.31. The standard InChI is InChI=1S/C19H26ClN3O2S2/c1-14(2)23(15(3)4)18(13-21-12-16-8-6-5-7-9-16)22-27(24,25)19-11-10-17(20)26-19/h5-11,14-15,21H,12-13H2,1-4H3/b22-18+. The van der Waals surface area contributed by atoms with Crippen LogP contribution in [0.15, 0.2) is 51.1 Å². The van der Waals surface area contributed by atoms with Gasteiger partial charge in [0.1, 0.15) is 10.0 Å². The Labute approximate surface area is 171 Å². The summed E-state index contributed by atoms with van der Waals surface area (Å²) in [7, 11) is -3.81. The zero-order valence-electron chi connectivity index (χ0n) is 16.0. The number of benzene rings is 1. The third-order valence-electron chi connectivity index (χ3n) is 3.89. The van der Waals surface area contributed by atoms with Crippen LogP contribution in [0.1, 0.15) is 33.3 Å². The molecule has 0 bridgehead atoms. The van der Waals surface area contributed by atoms with Crippen LogP contribution in [0.3, 0.4) is 0 Å². The summed E-state index contributed by atoms with van der Waals surface area (Å²) >= 11 is 6.92. The van der Waals surface area contributed by atoms with Crippen molar-refractivity contribution in [3.63, 3.8) is 0 Å². The predicted octanol–water partition coefficient (Wildman–Crippen LogP) is 4.40. The quantitative estimate of drug-likeness (QED) is 0.501. The van der Waals surface area contributed by atoms with Gasteiger partial charge in [0.25, 0.3) is 10.0 Å². The van der Waals surface area contributed by atoms with E-state index in [-0.39, 0.29) is 16.3 Å². The zero-order valence-corrected chi connectivity index (χ0v) is 18.4. The van der Waals surface area contributed by atoms with Gasteiger partial charge in [0.05, 0.1) is 10.9 Å². The van der Waals surface area contributed by atoms with Crippen molar-refractivity contribution in [1.29, 1.82) is 0 Å². The molecule has 0 aliphatic carbocycles. The summed E-state index contributed by atoms with van der Waals surface area (Å²) < 4.78 is 30.2. The molecule has 0 fully saturated rings. The van der Waals surface area contributed by atoms with Crippen LogP contribution < -0.4 is 5.32 Å².